The lowest BCUT2D eigenvalue weighted by Gasteiger charge is -2.20. The third-order valence-electron chi connectivity index (χ3n) is 2.88. The molecule has 4 nitrogen and oxygen atoms in total. The smallest absolute Gasteiger partial charge is 0.326 e. The maximum absolute atomic E-state index is 11.9. The zero-order chi connectivity index (χ0) is 13.7. The highest BCUT2D eigenvalue weighted by Gasteiger charge is 2.26. The number of benzene rings is 1. The molecule has 0 saturated carbocycles. The van der Waals surface area contributed by atoms with Crippen LogP contribution in [0, 0.1) is 5.92 Å². The van der Waals surface area contributed by atoms with Crippen molar-refractivity contribution >= 4 is 23.5 Å². The van der Waals surface area contributed by atoms with E-state index >= 15 is 0 Å². The highest BCUT2D eigenvalue weighted by Crippen LogP contribution is 2.16. The van der Waals surface area contributed by atoms with Crippen molar-refractivity contribution in [2.75, 3.05) is 0 Å². The van der Waals surface area contributed by atoms with Gasteiger partial charge in [0.1, 0.15) is 6.04 Å². The van der Waals surface area contributed by atoms with E-state index in [-0.39, 0.29) is 11.5 Å². The van der Waals surface area contributed by atoms with Gasteiger partial charge in [-0.1, -0.05) is 44.0 Å². The molecular formula is C13H16ClNO3. The van der Waals surface area contributed by atoms with Crippen LogP contribution in [0.2, 0.25) is 5.02 Å². The normalized spacial score (nSPS) is 13.7. The summed E-state index contributed by atoms with van der Waals surface area (Å²) >= 11 is 5.89. The van der Waals surface area contributed by atoms with Crippen LogP contribution in [0.5, 0.6) is 0 Å². The van der Waals surface area contributed by atoms with Gasteiger partial charge in [-0.15, -0.1) is 0 Å². The SMILES string of the molecule is CCC(C)C(NC(=O)c1ccccc1Cl)C(=O)O. The zero-order valence-electron chi connectivity index (χ0n) is 10.3. The molecule has 18 heavy (non-hydrogen) atoms. The maximum Gasteiger partial charge on any atom is 0.326 e. The molecule has 0 heterocycles. The Morgan fingerprint density at radius 3 is 2.50 bits per heavy atom. The van der Waals surface area contributed by atoms with Gasteiger partial charge in [-0.25, -0.2) is 4.79 Å². The lowest BCUT2D eigenvalue weighted by Crippen LogP contribution is -2.45. The molecule has 1 aromatic carbocycles. The number of amides is 1. The van der Waals surface area contributed by atoms with E-state index in [1.165, 1.54) is 0 Å². The van der Waals surface area contributed by atoms with Crippen LogP contribution in [-0.4, -0.2) is 23.0 Å². The van der Waals surface area contributed by atoms with Crippen LogP contribution in [0.1, 0.15) is 30.6 Å². The fraction of sp³-hybridized carbons (Fsp3) is 0.385. The Balaban J connectivity index is 2.86. The van der Waals surface area contributed by atoms with Gasteiger partial charge in [0.15, 0.2) is 0 Å². The van der Waals surface area contributed by atoms with Crippen LogP contribution in [0.25, 0.3) is 0 Å². The minimum absolute atomic E-state index is 0.145. The molecule has 1 rings (SSSR count). The van der Waals surface area contributed by atoms with Crippen LogP contribution in [-0.2, 0) is 4.79 Å². The lowest BCUT2D eigenvalue weighted by atomic mass is 9.99. The Morgan fingerprint density at radius 2 is 2.00 bits per heavy atom. The van der Waals surface area contributed by atoms with Gasteiger partial charge < -0.3 is 10.4 Å². The van der Waals surface area contributed by atoms with Gasteiger partial charge in [-0.2, -0.15) is 0 Å². The largest absolute Gasteiger partial charge is 0.480 e. The molecule has 0 aromatic heterocycles. The minimum atomic E-state index is -1.04. The molecule has 0 saturated heterocycles. The molecule has 0 radical (unpaired) electrons. The highest BCUT2D eigenvalue weighted by molar-refractivity contribution is 6.33. The van der Waals surface area contributed by atoms with Crippen molar-refractivity contribution in [1.29, 1.82) is 0 Å². The highest BCUT2D eigenvalue weighted by atomic mass is 35.5. The van der Waals surface area contributed by atoms with Crippen LogP contribution in [0.15, 0.2) is 24.3 Å². The summed E-state index contributed by atoms with van der Waals surface area (Å²) < 4.78 is 0. The molecule has 1 amide bonds. The summed E-state index contributed by atoms with van der Waals surface area (Å²) in [5.74, 6) is -1.65. The molecule has 0 spiro atoms. The fourth-order valence-corrected chi connectivity index (χ4v) is 1.77. The summed E-state index contributed by atoms with van der Waals surface area (Å²) in [6, 6.07) is 5.64. The van der Waals surface area contributed by atoms with Crippen LogP contribution in [0.4, 0.5) is 0 Å². The van der Waals surface area contributed by atoms with E-state index in [0.717, 1.165) is 0 Å². The first-order valence-electron chi connectivity index (χ1n) is 5.75. The molecule has 2 atom stereocenters. The summed E-state index contributed by atoms with van der Waals surface area (Å²) in [6.07, 6.45) is 0.666. The summed E-state index contributed by atoms with van der Waals surface area (Å²) in [6.45, 7) is 3.66. The topological polar surface area (TPSA) is 66.4 Å². The Bertz CT molecular complexity index is 448. The molecule has 2 unspecified atom stereocenters. The quantitative estimate of drug-likeness (QED) is 0.863. The van der Waals surface area contributed by atoms with E-state index in [2.05, 4.69) is 5.32 Å². The molecule has 1 aromatic rings. The van der Waals surface area contributed by atoms with Gasteiger partial charge >= 0.3 is 5.97 Å². The number of carboxylic acid groups (broad SMARTS) is 1. The average molecular weight is 270 g/mol. The van der Waals surface area contributed by atoms with Crippen molar-refractivity contribution in [3.63, 3.8) is 0 Å². The van der Waals surface area contributed by atoms with Gasteiger partial charge in [0, 0.05) is 0 Å². The number of hydrogen-bond acceptors (Lipinski definition) is 2. The lowest BCUT2D eigenvalue weighted by molar-refractivity contribution is -0.140. The number of carbonyl (C=O) groups excluding carboxylic acids is 1. The summed E-state index contributed by atoms with van der Waals surface area (Å²) in [5, 5.41) is 11.9. The Labute approximate surface area is 111 Å². The number of rotatable bonds is 5. The summed E-state index contributed by atoms with van der Waals surface area (Å²) in [4.78, 5) is 23.0. The van der Waals surface area contributed by atoms with Crippen molar-refractivity contribution in [3.8, 4) is 0 Å². The summed E-state index contributed by atoms with van der Waals surface area (Å²) in [7, 11) is 0. The van der Waals surface area contributed by atoms with Crippen molar-refractivity contribution in [2.24, 2.45) is 5.92 Å². The molecule has 2 N–H and O–H groups in total. The van der Waals surface area contributed by atoms with Gasteiger partial charge in [-0.3, -0.25) is 4.79 Å². The van der Waals surface area contributed by atoms with E-state index in [1.807, 2.05) is 6.92 Å². The van der Waals surface area contributed by atoms with Crippen molar-refractivity contribution in [3.05, 3.63) is 34.9 Å². The van der Waals surface area contributed by atoms with Crippen LogP contribution >= 0.6 is 11.6 Å². The first-order chi connectivity index (χ1) is 8.47. The average Bonchev–Trinajstić information content (AvgIpc) is 2.35. The third kappa shape index (κ3) is 3.47. The maximum atomic E-state index is 11.9. The second kappa shape index (κ2) is 6.40. The van der Waals surface area contributed by atoms with Gasteiger partial charge in [-0.05, 0) is 18.1 Å². The Hall–Kier alpha value is -1.55. The van der Waals surface area contributed by atoms with E-state index in [4.69, 9.17) is 16.7 Å². The molecule has 5 heteroatoms. The van der Waals surface area contributed by atoms with E-state index in [0.29, 0.717) is 11.4 Å². The molecule has 0 fully saturated rings. The second-order valence-electron chi connectivity index (χ2n) is 4.15. The molecule has 0 bridgehead atoms. The predicted octanol–water partition coefficient (Wildman–Crippen LogP) is 2.57. The van der Waals surface area contributed by atoms with Gasteiger partial charge in [0.25, 0.3) is 5.91 Å². The number of carbonyl (C=O) groups is 2. The third-order valence-corrected chi connectivity index (χ3v) is 3.21. The molecular weight excluding hydrogens is 254 g/mol. The first-order valence-corrected chi connectivity index (χ1v) is 6.13. The predicted molar refractivity (Wildman–Crippen MR) is 69.8 cm³/mol. The second-order valence-corrected chi connectivity index (χ2v) is 4.56. The van der Waals surface area contributed by atoms with E-state index < -0.39 is 17.9 Å². The zero-order valence-corrected chi connectivity index (χ0v) is 11.1. The van der Waals surface area contributed by atoms with Crippen molar-refractivity contribution < 1.29 is 14.7 Å². The first kappa shape index (κ1) is 14.5. The number of aliphatic carboxylic acids is 1. The molecule has 0 aliphatic carbocycles. The summed E-state index contributed by atoms with van der Waals surface area (Å²) in [5.41, 5.74) is 0.286. The van der Waals surface area contributed by atoms with E-state index in [1.54, 1.807) is 31.2 Å². The van der Waals surface area contributed by atoms with Crippen molar-refractivity contribution in [2.45, 2.75) is 26.3 Å². The van der Waals surface area contributed by atoms with Gasteiger partial charge in [0.2, 0.25) is 0 Å². The number of hydrogen-bond donors (Lipinski definition) is 2. The Kier molecular flexibility index (Phi) is 5.16. The molecule has 0 aliphatic rings. The number of nitrogens with one attached hydrogen (secondary N) is 1. The fourth-order valence-electron chi connectivity index (χ4n) is 1.55. The van der Waals surface area contributed by atoms with Crippen LogP contribution in [0.3, 0.4) is 0 Å². The molecule has 98 valence electrons. The van der Waals surface area contributed by atoms with Gasteiger partial charge in [0.05, 0.1) is 10.6 Å². The minimum Gasteiger partial charge on any atom is -0.480 e. The number of halogens is 1. The number of carboxylic acids is 1. The van der Waals surface area contributed by atoms with Crippen molar-refractivity contribution in [1.82, 2.24) is 5.32 Å². The van der Waals surface area contributed by atoms with Crippen LogP contribution < -0.4 is 5.32 Å². The molecule has 0 aliphatic heterocycles. The monoisotopic (exact) mass is 269 g/mol. The Morgan fingerprint density at radius 1 is 1.39 bits per heavy atom. The van der Waals surface area contributed by atoms with E-state index in [9.17, 15) is 9.59 Å². The standard InChI is InChI=1S/C13H16ClNO3/c1-3-8(2)11(13(17)18)15-12(16)9-6-4-5-7-10(9)14/h4-8,11H,3H2,1-2H3,(H,15,16)(H,17,18).